The molecule has 1 unspecified atom stereocenters. The summed E-state index contributed by atoms with van der Waals surface area (Å²) in [5, 5.41) is 0. The molecule has 5 heteroatoms. The zero-order valence-electron chi connectivity index (χ0n) is 24.6. The highest BCUT2D eigenvalue weighted by Crippen LogP contribution is 2.74. The number of hydrogen-bond acceptors (Lipinski definition) is 4. The zero-order valence-corrected chi connectivity index (χ0v) is 24.6. The van der Waals surface area contributed by atoms with Gasteiger partial charge >= 0.3 is 5.97 Å². The number of esters is 1. The van der Waals surface area contributed by atoms with Crippen LogP contribution in [0.1, 0.15) is 100 Å². The number of allylic oxidation sites excluding steroid dienone is 4. The van der Waals surface area contributed by atoms with E-state index in [1.165, 1.54) is 0 Å². The van der Waals surface area contributed by atoms with E-state index in [0.29, 0.717) is 6.61 Å². The van der Waals surface area contributed by atoms with E-state index in [1.54, 1.807) is 0 Å². The average molecular weight is 520 g/mol. The van der Waals surface area contributed by atoms with Crippen molar-refractivity contribution in [2.45, 2.75) is 100 Å². The molecule has 0 amide bonds. The normalized spacial score (nSPS) is 44.8. The molecule has 5 nitrogen and oxygen atoms in total. The van der Waals surface area contributed by atoms with Crippen molar-refractivity contribution in [3.63, 3.8) is 0 Å². The predicted octanol–water partition coefficient (Wildman–Crippen LogP) is 7.12. The minimum atomic E-state index is -0.661. The lowest BCUT2D eigenvalue weighted by molar-refractivity contribution is -0.192. The number of hydrogen-bond donors (Lipinski definition) is 0. The van der Waals surface area contributed by atoms with Crippen LogP contribution in [-0.2, 0) is 19.1 Å². The monoisotopic (exact) mass is 519 g/mol. The molecule has 206 valence electrons. The summed E-state index contributed by atoms with van der Waals surface area (Å²) in [5.41, 5.74) is -0.990. The van der Waals surface area contributed by atoms with Gasteiger partial charge in [0.15, 0.2) is 11.6 Å². The molecular formula is C33H45NO4. The van der Waals surface area contributed by atoms with E-state index < -0.39 is 16.2 Å². The Morgan fingerprint density at radius 2 is 1.68 bits per heavy atom. The van der Waals surface area contributed by atoms with Crippen molar-refractivity contribution in [3.05, 3.63) is 34.8 Å². The smallest absolute Gasteiger partial charge is 0.312 e. The molecule has 3 saturated carbocycles. The van der Waals surface area contributed by atoms with Gasteiger partial charge in [0, 0.05) is 16.7 Å². The van der Waals surface area contributed by atoms with Gasteiger partial charge in [-0.05, 0) is 86.0 Å². The number of ether oxygens (including phenoxy) is 1. The standard InChI is InChI=1S/C33H45NO4/c1-10-38-27(37)33-15-13-28(2,3)18-20(33)25-22(35)17-24-30(6)19-21(34-9)26(36)29(4,5)23(30)11-12-31(24,7)32(25,8)14-16-33/h17,19-20,23,25H,10-16,18H2,1-8H3/t20-,23-,25?,30-,31+,32+,33-/m0/s1. The first-order chi connectivity index (χ1) is 17.5. The van der Waals surface area contributed by atoms with Crippen LogP contribution in [0.3, 0.4) is 0 Å². The third-order valence-corrected chi connectivity index (χ3v) is 12.5. The van der Waals surface area contributed by atoms with Gasteiger partial charge in [0.25, 0.3) is 0 Å². The van der Waals surface area contributed by atoms with Crippen LogP contribution in [0.5, 0.6) is 0 Å². The maximum absolute atomic E-state index is 14.4. The summed E-state index contributed by atoms with van der Waals surface area (Å²) < 4.78 is 5.70. The SMILES string of the molecule is [C-]#[N+]C1=C[C@]2(C)C3=CC(=O)C4[C@@H]5CC(C)(C)CC[C@]5(C(=O)OCC)CC[C@@]4(C)[C@]3(C)CC[C@H]2C(C)(C)C1=O. The van der Waals surface area contributed by atoms with Gasteiger partial charge < -0.3 is 9.53 Å². The molecule has 5 aliphatic rings. The molecule has 0 saturated heterocycles. The summed E-state index contributed by atoms with van der Waals surface area (Å²) >= 11 is 0. The summed E-state index contributed by atoms with van der Waals surface area (Å²) in [5.74, 6) is -0.302. The maximum atomic E-state index is 14.4. The van der Waals surface area contributed by atoms with Crippen molar-refractivity contribution in [2.24, 2.45) is 50.2 Å². The highest BCUT2D eigenvalue weighted by molar-refractivity contribution is 6.03. The zero-order chi connectivity index (χ0) is 28.1. The number of carbonyl (C=O) groups is 3. The summed E-state index contributed by atoms with van der Waals surface area (Å²) in [6, 6.07) is 0. The van der Waals surface area contributed by atoms with Gasteiger partial charge in [-0.15, -0.1) is 0 Å². The predicted molar refractivity (Wildman–Crippen MR) is 147 cm³/mol. The highest BCUT2D eigenvalue weighted by Gasteiger charge is 2.71. The summed E-state index contributed by atoms with van der Waals surface area (Å²) in [6.45, 7) is 25.3. The first-order valence-electron chi connectivity index (χ1n) is 14.6. The minimum absolute atomic E-state index is 0.0381. The van der Waals surface area contributed by atoms with E-state index in [0.717, 1.165) is 50.5 Å². The summed E-state index contributed by atoms with van der Waals surface area (Å²) in [7, 11) is 0. The number of Topliss-reactive ketones (excluding diaryl/α,β-unsaturated/α-hetero) is 1. The molecule has 5 aliphatic carbocycles. The molecule has 5 rings (SSSR count). The van der Waals surface area contributed by atoms with Gasteiger partial charge in [0.2, 0.25) is 5.70 Å². The first-order valence-corrected chi connectivity index (χ1v) is 14.6. The van der Waals surface area contributed by atoms with E-state index in [2.05, 4.69) is 39.5 Å². The van der Waals surface area contributed by atoms with Crippen molar-refractivity contribution < 1.29 is 19.1 Å². The molecule has 0 radical (unpaired) electrons. The lowest BCUT2D eigenvalue weighted by atomic mass is 9.34. The van der Waals surface area contributed by atoms with Gasteiger partial charge in [-0.3, -0.25) is 9.59 Å². The number of ketones is 2. The Hall–Kier alpha value is -2.22. The second kappa shape index (κ2) is 8.15. The largest absolute Gasteiger partial charge is 0.466 e. The second-order valence-corrected chi connectivity index (χ2v) is 15.1. The van der Waals surface area contributed by atoms with E-state index in [9.17, 15) is 14.4 Å². The number of carbonyl (C=O) groups excluding carboxylic acids is 3. The molecule has 38 heavy (non-hydrogen) atoms. The van der Waals surface area contributed by atoms with Crippen LogP contribution in [0, 0.1) is 56.8 Å². The quantitative estimate of drug-likeness (QED) is 0.288. The Kier molecular flexibility index (Phi) is 5.87. The average Bonchev–Trinajstić information content (AvgIpc) is 2.82. The maximum Gasteiger partial charge on any atom is 0.312 e. The van der Waals surface area contributed by atoms with Crippen LogP contribution in [0.15, 0.2) is 23.4 Å². The van der Waals surface area contributed by atoms with Crippen molar-refractivity contribution in [1.29, 1.82) is 0 Å². The second-order valence-electron chi connectivity index (χ2n) is 15.1. The lowest BCUT2D eigenvalue weighted by Crippen LogP contribution is -2.65. The van der Waals surface area contributed by atoms with Crippen molar-refractivity contribution in [3.8, 4) is 0 Å². The number of nitrogens with zero attached hydrogens (tertiary/aromatic N) is 1. The Bertz CT molecular complexity index is 1220. The molecule has 0 aliphatic heterocycles. The van der Waals surface area contributed by atoms with Crippen LogP contribution >= 0.6 is 0 Å². The molecule has 0 bridgehead atoms. The van der Waals surface area contributed by atoms with E-state index in [-0.39, 0.29) is 57.2 Å². The van der Waals surface area contributed by atoms with E-state index in [4.69, 9.17) is 11.3 Å². The fourth-order valence-electron chi connectivity index (χ4n) is 10.2. The molecule has 0 N–H and O–H groups in total. The van der Waals surface area contributed by atoms with Gasteiger partial charge in [0.05, 0.1) is 18.6 Å². The van der Waals surface area contributed by atoms with Crippen LogP contribution in [0.2, 0.25) is 0 Å². The lowest BCUT2D eigenvalue weighted by Gasteiger charge is -2.68. The van der Waals surface area contributed by atoms with E-state index >= 15 is 0 Å². The molecule has 3 fully saturated rings. The van der Waals surface area contributed by atoms with Crippen molar-refractivity contribution >= 4 is 17.5 Å². The summed E-state index contributed by atoms with van der Waals surface area (Å²) in [6.07, 6.45) is 9.73. The van der Waals surface area contributed by atoms with E-state index in [1.807, 2.05) is 32.9 Å². The van der Waals surface area contributed by atoms with Crippen LogP contribution in [-0.4, -0.2) is 24.1 Å². The van der Waals surface area contributed by atoms with Crippen LogP contribution < -0.4 is 0 Å². The molecule has 0 aromatic heterocycles. The van der Waals surface area contributed by atoms with Gasteiger partial charge in [0.1, 0.15) is 0 Å². The molecule has 0 aromatic rings. The molecular weight excluding hydrogens is 474 g/mol. The highest BCUT2D eigenvalue weighted by atomic mass is 16.5. The third kappa shape index (κ3) is 3.24. The first kappa shape index (κ1) is 27.4. The van der Waals surface area contributed by atoms with Gasteiger partial charge in [-0.2, -0.15) is 0 Å². The topological polar surface area (TPSA) is 64.8 Å². The molecule has 7 atom stereocenters. The van der Waals surface area contributed by atoms with Crippen LogP contribution in [0.25, 0.3) is 4.85 Å². The molecule has 0 spiro atoms. The third-order valence-electron chi connectivity index (χ3n) is 12.5. The molecule has 0 heterocycles. The Morgan fingerprint density at radius 1 is 1.03 bits per heavy atom. The van der Waals surface area contributed by atoms with Crippen molar-refractivity contribution in [2.75, 3.05) is 6.61 Å². The van der Waals surface area contributed by atoms with Crippen LogP contribution in [0.4, 0.5) is 0 Å². The fourth-order valence-corrected chi connectivity index (χ4v) is 10.2. The number of fused-ring (bicyclic) bond motifs is 7. The fraction of sp³-hybridized carbons (Fsp3) is 0.758. The molecule has 0 aromatic carbocycles. The summed E-state index contributed by atoms with van der Waals surface area (Å²) in [4.78, 5) is 44.9. The minimum Gasteiger partial charge on any atom is -0.466 e. The van der Waals surface area contributed by atoms with Crippen molar-refractivity contribution in [1.82, 2.24) is 0 Å². The number of rotatable bonds is 2. The van der Waals surface area contributed by atoms with Gasteiger partial charge in [-0.25, -0.2) is 4.85 Å². The Morgan fingerprint density at radius 3 is 2.32 bits per heavy atom. The Labute approximate surface area is 228 Å². The van der Waals surface area contributed by atoms with Gasteiger partial charge in [-0.1, -0.05) is 60.1 Å². The Balaban J connectivity index is 1.69.